The van der Waals surface area contributed by atoms with E-state index in [9.17, 15) is 9.18 Å². The first kappa shape index (κ1) is 11.9. The van der Waals surface area contributed by atoms with E-state index in [1.165, 1.54) is 13.2 Å². The van der Waals surface area contributed by atoms with E-state index in [1.807, 2.05) is 0 Å². The van der Waals surface area contributed by atoms with Gasteiger partial charge in [0.05, 0.1) is 19.2 Å². The summed E-state index contributed by atoms with van der Waals surface area (Å²) in [5.74, 6) is -0.972. The van der Waals surface area contributed by atoms with E-state index in [-0.39, 0.29) is 28.7 Å². The monoisotopic (exact) mass is 231 g/mol. The third kappa shape index (κ3) is 2.67. The quantitative estimate of drug-likeness (QED) is 0.805. The molecule has 0 saturated carbocycles. The van der Waals surface area contributed by atoms with E-state index in [4.69, 9.17) is 16.3 Å². The molecule has 0 saturated heterocycles. The lowest BCUT2D eigenvalue weighted by molar-refractivity contribution is 0.0990. The van der Waals surface area contributed by atoms with Gasteiger partial charge in [-0.2, -0.15) is 0 Å². The van der Waals surface area contributed by atoms with E-state index in [2.05, 4.69) is 5.32 Å². The van der Waals surface area contributed by atoms with E-state index >= 15 is 0 Å². The first-order valence-electron chi connectivity index (χ1n) is 4.31. The Morgan fingerprint density at radius 3 is 2.80 bits per heavy atom. The van der Waals surface area contributed by atoms with E-state index in [1.54, 1.807) is 7.05 Å². The van der Waals surface area contributed by atoms with Gasteiger partial charge in [-0.25, -0.2) is 4.39 Å². The van der Waals surface area contributed by atoms with Gasteiger partial charge in [-0.3, -0.25) is 4.79 Å². The number of ether oxygens (including phenoxy) is 1. The molecule has 1 rings (SSSR count). The Morgan fingerprint density at radius 1 is 1.60 bits per heavy atom. The average molecular weight is 232 g/mol. The summed E-state index contributed by atoms with van der Waals surface area (Å²) in [4.78, 5) is 11.6. The van der Waals surface area contributed by atoms with Crippen LogP contribution in [0.1, 0.15) is 10.4 Å². The van der Waals surface area contributed by atoms with Crippen LogP contribution in [0.25, 0.3) is 0 Å². The topological polar surface area (TPSA) is 38.3 Å². The molecule has 0 fully saturated rings. The number of carbonyl (C=O) groups excluding carboxylic acids is 1. The number of Topliss-reactive ketones (excluding diaryl/α,β-unsaturated/α-hetero) is 1. The van der Waals surface area contributed by atoms with Gasteiger partial charge in [0.15, 0.2) is 17.3 Å². The fourth-order valence-electron chi connectivity index (χ4n) is 1.23. The predicted octanol–water partition coefficient (Wildman–Crippen LogP) is 1.89. The number of benzene rings is 1. The van der Waals surface area contributed by atoms with Crippen molar-refractivity contribution in [1.82, 2.24) is 5.32 Å². The van der Waals surface area contributed by atoms with Crippen molar-refractivity contribution in [3.63, 3.8) is 0 Å². The molecule has 82 valence electrons. The number of likely N-dealkylation sites (N-methyl/N-ethyl adjacent to an activating group) is 1. The van der Waals surface area contributed by atoms with Gasteiger partial charge in [0.2, 0.25) is 0 Å². The lowest BCUT2D eigenvalue weighted by Gasteiger charge is -2.08. The van der Waals surface area contributed by atoms with E-state index in [0.717, 1.165) is 6.07 Å². The van der Waals surface area contributed by atoms with Crippen LogP contribution in [0.4, 0.5) is 4.39 Å². The third-order valence-corrected chi connectivity index (χ3v) is 2.07. The fraction of sp³-hybridized carbons (Fsp3) is 0.300. The van der Waals surface area contributed by atoms with Crippen LogP contribution in [0, 0.1) is 5.82 Å². The van der Waals surface area contributed by atoms with Crippen LogP contribution < -0.4 is 10.1 Å². The smallest absolute Gasteiger partial charge is 0.180 e. The van der Waals surface area contributed by atoms with Crippen LogP contribution in [-0.2, 0) is 0 Å². The highest BCUT2D eigenvalue weighted by Gasteiger charge is 2.16. The summed E-state index contributed by atoms with van der Waals surface area (Å²) in [6.45, 7) is 0.107. The molecule has 0 unspecified atom stereocenters. The Balaban J connectivity index is 3.20. The van der Waals surface area contributed by atoms with Gasteiger partial charge in [0.1, 0.15) is 0 Å². The number of ketones is 1. The molecule has 0 heterocycles. The molecule has 0 bridgehead atoms. The maximum absolute atomic E-state index is 13.3. The lowest BCUT2D eigenvalue weighted by Crippen LogP contribution is -2.19. The Kier molecular flexibility index (Phi) is 4.05. The second kappa shape index (κ2) is 5.09. The van der Waals surface area contributed by atoms with Crippen molar-refractivity contribution >= 4 is 17.4 Å². The van der Waals surface area contributed by atoms with Crippen molar-refractivity contribution in [3.05, 3.63) is 28.5 Å². The van der Waals surface area contributed by atoms with Crippen molar-refractivity contribution < 1.29 is 13.9 Å². The second-order valence-electron chi connectivity index (χ2n) is 2.92. The van der Waals surface area contributed by atoms with Gasteiger partial charge in [0, 0.05) is 5.02 Å². The normalized spacial score (nSPS) is 10.1. The highest BCUT2D eigenvalue weighted by Crippen LogP contribution is 2.26. The standard InChI is InChI=1S/C10H11ClFNO2/c1-13-5-9(14)7-3-6(11)4-8(12)10(7)15-2/h3-4,13H,5H2,1-2H3. The molecule has 5 heteroatoms. The van der Waals surface area contributed by atoms with Gasteiger partial charge >= 0.3 is 0 Å². The number of carbonyl (C=O) groups is 1. The molecule has 15 heavy (non-hydrogen) atoms. The summed E-state index contributed by atoms with van der Waals surface area (Å²) in [5, 5.41) is 2.86. The molecule has 0 aromatic heterocycles. The minimum atomic E-state index is -0.635. The maximum Gasteiger partial charge on any atom is 0.180 e. The number of hydrogen-bond donors (Lipinski definition) is 1. The zero-order valence-corrected chi connectivity index (χ0v) is 9.19. The SMILES string of the molecule is CNCC(=O)c1cc(Cl)cc(F)c1OC. The summed E-state index contributed by atoms with van der Waals surface area (Å²) in [6.07, 6.45) is 0. The molecule has 0 aliphatic heterocycles. The van der Waals surface area contributed by atoms with Crippen LogP contribution in [0.15, 0.2) is 12.1 Å². The summed E-state index contributed by atoms with van der Waals surface area (Å²) < 4.78 is 18.1. The number of halogens is 2. The van der Waals surface area contributed by atoms with Gasteiger partial charge < -0.3 is 10.1 Å². The lowest BCUT2D eigenvalue weighted by atomic mass is 10.1. The van der Waals surface area contributed by atoms with Crippen LogP contribution in [0.3, 0.4) is 0 Å². The zero-order valence-electron chi connectivity index (χ0n) is 8.43. The third-order valence-electron chi connectivity index (χ3n) is 1.85. The summed E-state index contributed by atoms with van der Waals surface area (Å²) in [5.41, 5.74) is 0.150. The Labute approximate surface area is 92.2 Å². The molecule has 0 atom stereocenters. The van der Waals surface area contributed by atoms with Gasteiger partial charge in [-0.15, -0.1) is 0 Å². The molecule has 3 nitrogen and oxygen atoms in total. The van der Waals surface area contributed by atoms with Gasteiger partial charge in [0.25, 0.3) is 0 Å². The van der Waals surface area contributed by atoms with Crippen molar-refractivity contribution in [3.8, 4) is 5.75 Å². The Bertz CT molecular complexity index is 382. The molecule has 1 N–H and O–H groups in total. The van der Waals surface area contributed by atoms with Crippen molar-refractivity contribution in [2.24, 2.45) is 0 Å². The predicted molar refractivity (Wildman–Crippen MR) is 56.2 cm³/mol. The van der Waals surface area contributed by atoms with Gasteiger partial charge in [-0.05, 0) is 19.2 Å². The number of hydrogen-bond acceptors (Lipinski definition) is 3. The summed E-state index contributed by atoms with van der Waals surface area (Å²) in [7, 11) is 2.94. The fourth-order valence-corrected chi connectivity index (χ4v) is 1.44. The summed E-state index contributed by atoms with van der Waals surface area (Å²) in [6, 6.07) is 2.50. The second-order valence-corrected chi connectivity index (χ2v) is 3.36. The number of rotatable bonds is 4. The largest absolute Gasteiger partial charge is 0.493 e. The Morgan fingerprint density at radius 2 is 2.27 bits per heavy atom. The van der Waals surface area contributed by atoms with Crippen LogP contribution in [0.2, 0.25) is 5.02 Å². The van der Waals surface area contributed by atoms with Crippen LogP contribution in [0.5, 0.6) is 5.75 Å². The van der Waals surface area contributed by atoms with Crippen LogP contribution in [-0.4, -0.2) is 26.5 Å². The molecular formula is C10H11ClFNO2. The number of methoxy groups -OCH3 is 1. The molecule has 0 aliphatic carbocycles. The highest BCUT2D eigenvalue weighted by molar-refractivity contribution is 6.31. The minimum Gasteiger partial charge on any atom is -0.493 e. The van der Waals surface area contributed by atoms with Crippen LogP contribution >= 0.6 is 11.6 Å². The molecule has 0 radical (unpaired) electrons. The van der Waals surface area contributed by atoms with Crippen molar-refractivity contribution in [2.45, 2.75) is 0 Å². The minimum absolute atomic E-state index is 0.0698. The maximum atomic E-state index is 13.3. The average Bonchev–Trinajstić information content (AvgIpc) is 2.17. The van der Waals surface area contributed by atoms with Gasteiger partial charge in [-0.1, -0.05) is 11.6 Å². The first-order valence-corrected chi connectivity index (χ1v) is 4.68. The molecule has 1 aromatic rings. The zero-order chi connectivity index (χ0) is 11.4. The van der Waals surface area contributed by atoms with Crippen molar-refractivity contribution in [2.75, 3.05) is 20.7 Å². The first-order chi connectivity index (χ1) is 7.10. The van der Waals surface area contributed by atoms with Crippen molar-refractivity contribution in [1.29, 1.82) is 0 Å². The summed E-state index contributed by atoms with van der Waals surface area (Å²) >= 11 is 5.66. The highest BCUT2D eigenvalue weighted by atomic mass is 35.5. The van der Waals surface area contributed by atoms with E-state index in [0.29, 0.717) is 0 Å². The molecule has 1 aromatic carbocycles. The molecule has 0 spiro atoms. The number of nitrogens with one attached hydrogen (secondary N) is 1. The van der Waals surface area contributed by atoms with E-state index < -0.39 is 5.82 Å². The molecule has 0 aliphatic rings. The Hall–Kier alpha value is -1.13. The molecular weight excluding hydrogens is 221 g/mol. The molecule has 0 amide bonds.